The van der Waals surface area contributed by atoms with E-state index < -0.39 is 0 Å². The zero-order chi connectivity index (χ0) is 17.3. The number of fused-ring (bicyclic) bond motifs is 1. The van der Waals surface area contributed by atoms with Crippen LogP contribution in [-0.4, -0.2) is 55.3 Å². The predicted molar refractivity (Wildman–Crippen MR) is 90.0 cm³/mol. The van der Waals surface area contributed by atoms with Crippen molar-refractivity contribution in [3.05, 3.63) is 0 Å². The van der Waals surface area contributed by atoms with Gasteiger partial charge in [-0.2, -0.15) is 0 Å². The van der Waals surface area contributed by atoms with E-state index in [1.54, 1.807) is 0 Å². The van der Waals surface area contributed by atoms with Crippen molar-refractivity contribution < 1.29 is 23.5 Å². The van der Waals surface area contributed by atoms with Crippen LogP contribution in [0.1, 0.15) is 46.5 Å². The second-order valence-corrected chi connectivity index (χ2v) is 7.86. The SMILES string of the molecule is CCCC[N+](CC)(CC)CCOC(=O)[C@@H]1[C@H]2C[C@@H]3[C@@H]1C(=O)O[C@@H]3C2. The highest BCUT2D eigenvalue weighted by Crippen LogP contribution is 2.57. The quantitative estimate of drug-likeness (QED) is 0.478. The molecule has 0 aromatic carbocycles. The van der Waals surface area contributed by atoms with E-state index in [2.05, 4.69) is 20.8 Å². The number of carbonyl (C=O) groups excluding carboxylic acids is 2. The van der Waals surface area contributed by atoms with Gasteiger partial charge >= 0.3 is 11.9 Å². The van der Waals surface area contributed by atoms with Crippen LogP contribution in [0.15, 0.2) is 0 Å². The highest BCUT2D eigenvalue weighted by molar-refractivity contribution is 5.85. The molecular weight excluding hydrogens is 306 g/mol. The standard InChI is InChI=1S/C19H32NO4/c1-4-7-8-20(5-2,6-3)9-10-23-18(21)16-13-11-14-15(12-13)24-19(22)17(14)16/h13-17H,4-12H2,1-3H3/q+1/t13-,14-,15+,16+,17-/m0/s1. The molecule has 5 heteroatoms. The molecule has 3 aliphatic rings. The van der Waals surface area contributed by atoms with Crippen molar-refractivity contribution in [3.63, 3.8) is 0 Å². The van der Waals surface area contributed by atoms with Crippen molar-refractivity contribution in [2.24, 2.45) is 23.7 Å². The van der Waals surface area contributed by atoms with Crippen LogP contribution in [-0.2, 0) is 19.1 Å². The number of unbranched alkanes of at least 4 members (excludes halogenated alkanes) is 1. The molecule has 1 saturated heterocycles. The molecule has 2 aliphatic carbocycles. The lowest BCUT2D eigenvalue weighted by atomic mass is 9.80. The van der Waals surface area contributed by atoms with Gasteiger partial charge in [0.05, 0.1) is 31.5 Å². The van der Waals surface area contributed by atoms with Crippen LogP contribution in [0.3, 0.4) is 0 Å². The van der Waals surface area contributed by atoms with E-state index in [1.807, 2.05) is 0 Å². The second-order valence-electron chi connectivity index (χ2n) is 7.86. The Bertz CT molecular complexity index is 486. The highest BCUT2D eigenvalue weighted by atomic mass is 16.6. The molecule has 3 fully saturated rings. The average molecular weight is 338 g/mol. The van der Waals surface area contributed by atoms with Crippen LogP contribution in [0.4, 0.5) is 0 Å². The lowest BCUT2D eigenvalue weighted by Crippen LogP contribution is -2.50. The minimum absolute atomic E-state index is 0.0788. The Hall–Kier alpha value is -1.10. The van der Waals surface area contributed by atoms with E-state index in [4.69, 9.17) is 9.47 Å². The van der Waals surface area contributed by atoms with Crippen LogP contribution in [0.5, 0.6) is 0 Å². The predicted octanol–water partition coefficient (Wildman–Crippen LogP) is 2.38. The maximum absolute atomic E-state index is 12.6. The van der Waals surface area contributed by atoms with Gasteiger partial charge in [0.25, 0.3) is 0 Å². The topological polar surface area (TPSA) is 52.6 Å². The van der Waals surface area contributed by atoms with E-state index in [0.717, 1.165) is 43.5 Å². The fraction of sp³-hybridized carbons (Fsp3) is 0.895. The summed E-state index contributed by atoms with van der Waals surface area (Å²) in [5.74, 6) is -0.237. The normalized spacial score (nSPS) is 33.8. The number of likely N-dealkylation sites (N-methyl/N-ethyl adjacent to an activating group) is 1. The van der Waals surface area contributed by atoms with Gasteiger partial charge in [-0.25, -0.2) is 0 Å². The van der Waals surface area contributed by atoms with Gasteiger partial charge in [0.2, 0.25) is 0 Å². The molecule has 3 rings (SSSR count). The van der Waals surface area contributed by atoms with E-state index in [9.17, 15) is 9.59 Å². The molecule has 0 aromatic heterocycles. The first-order chi connectivity index (χ1) is 11.5. The summed E-state index contributed by atoms with van der Waals surface area (Å²) in [5, 5.41) is 0. The number of esters is 2. The van der Waals surface area contributed by atoms with Crippen LogP contribution in [0.2, 0.25) is 0 Å². The van der Waals surface area contributed by atoms with E-state index in [0.29, 0.717) is 12.5 Å². The summed E-state index contributed by atoms with van der Waals surface area (Å²) in [7, 11) is 0. The number of hydrogen-bond acceptors (Lipinski definition) is 4. The van der Waals surface area contributed by atoms with Crippen molar-refractivity contribution in [2.75, 3.05) is 32.8 Å². The summed E-state index contributed by atoms with van der Waals surface area (Å²) in [5.41, 5.74) is 0. The summed E-state index contributed by atoms with van der Waals surface area (Å²) in [6, 6.07) is 0. The molecule has 136 valence electrons. The Balaban J connectivity index is 1.53. The van der Waals surface area contributed by atoms with Crippen molar-refractivity contribution >= 4 is 11.9 Å². The lowest BCUT2D eigenvalue weighted by Gasteiger charge is -2.37. The van der Waals surface area contributed by atoms with Gasteiger partial charge in [0.15, 0.2) is 0 Å². The zero-order valence-electron chi connectivity index (χ0n) is 15.3. The largest absolute Gasteiger partial charge is 0.462 e. The Morgan fingerprint density at radius 1 is 1.21 bits per heavy atom. The molecule has 0 radical (unpaired) electrons. The molecule has 1 heterocycles. The number of nitrogens with zero attached hydrogens (tertiary/aromatic N) is 1. The number of rotatable bonds is 9. The minimum Gasteiger partial charge on any atom is -0.462 e. The average Bonchev–Trinajstić information content (AvgIpc) is 3.20. The van der Waals surface area contributed by atoms with Crippen molar-refractivity contribution in [3.8, 4) is 0 Å². The number of hydrogen-bond donors (Lipinski definition) is 0. The number of ether oxygens (including phenoxy) is 2. The van der Waals surface area contributed by atoms with Crippen LogP contribution < -0.4 is 0 Å². The summed E-state index contributed by atoms with van der Waals surface area (Å²) in [6.07, 6.45) is 4.29. The Kier molecular flexibility index (Phi) is 5.19. The van der Waals surface area contributed by atoms with E-state index in [1.165, 1.54) is 12.8 Å². The molecule has 5 atom stereocenters. The van der Waals surface area contributed by atoms with Gasteiger partial charge < -0.3 is 14.0 Å². The van der Waals surface area contributed by atoms with Crippen molar-refractivity contribution in [1.82, 2.24) is 0 Å². The smallest absolute Gasteiger partial charge is 0.310 e. The second kappa shape index (κ2) is 7.03. The van der Waals surface area contributed by atoms with Crippen LogP contribution >= 0.6 is 0 Å². The third-order valence-electron chi connectivity index (χ3n) is 6.89. The minimum atomic E-state index is -0.248. The molecule has 2 saturated carbocycles. The summed E-state index contributed by atoms with van der Waals surface area (Å²) in [4.78, 5) is 24.6. The Labute approximate surface area is 145 Å². The van der Waals surface area contributed by atoms with Gasteiger partial charge in [-0.05, 0) is 39.0 Å². The van der Waals surface area contributed by atoms with Crippen LogP contribution in [0.25, 0.3) is 0 Å². The third kappa shape index (κ3) is 2.96. The van der Waals surface area contributed by atoms with Gasteiger partial charge in [0, 0.05) is 5.92 Å². The third-order valence-corrected chi connectivity index (χ3v) is 6.89. The number of quaternary nitrogens is 1. The molecular formula is C19H32NO4+. The van der Waals surface area contributed by atoms with E-state index >= 15 is 0 Å². The molecule has 2 bridgehead atoms. The molecule has 0 spiro atoms. The number of carbonyl (C=O) groups is 2. The summed E-state index contributed by atoms with van der Waals surface area (Å²) in [6.45, 7) is 11.3. The van der Waals surface area contributed by atoms with Crippen molar-refractivity contribution in [2.45, 2.75) is 52.6 Å². The summed E-state index contributed by atoms with van der Waals surface area (Å²) < 4.78 is 12.1. The van der Waals surface area contributed by atoms with Gasteiger partial charge in [-0.1, -0.05) is 13.3 Å². The maximum atomic E-state index is 12.6. The molecule has 24 heavy (non-hydrogen) atoms. The molecule has 5 nitrogen and oxygen atoms in total. The monoisotopic (exact) mass is 338 g/mol. The summed E-state index contributed by atoms with van der Waals surface area (Å²) >= 11 is 0. The van der Waals surface area contributed by atoms with E-state index in [-0.39, 0.29) is 35.8 Å². The molecule has 0 N–H and O–H groups in total. The first kappa shape index (κ1) is 17.7. The Morgan fingerprint density at radius 2 is 1.96 bits per heavy atom. The lowest BCUT2D eigenvalue weighted by molar-refractivity contribution is -0.925. The van der Waals surface area contributed by atoms with Gasteiger partial charge in [-0.3, -0.25) is 9.59 Å². The Morgan fingerprint density at radius 3 is 2.62 bits per heavy atom. The maximum Gasteiger partial charge on any atom is 0.310 e. The van der Waals surface area contributed by atoms with Gasteiger partial charge in [0.1, 0.15) is 19.3 Å². The zero-order valence-corrected chi connectivity index (χ0v) is 15.3. The fourth-order valence-corrected chi connectivity index (χ4v) is 5.22. The molecule has 0 aromatic rings. The molecule has 0 amide bonds. The first-order valence-corrected chi connectivity index (χ1v) is 9.77. The van der Waals surface area contributed by atoms with Gasteiger partial charge in [-0.15, -0.1) is 0 Å². The molecule has 0 unspecified atom stereocenters. The van der Waals surface area contributed by atoms with Crippen LogP contribution in [0, 0.1) is 23.7 Å². The molecule has 1 aliphatic heterocycles. The van der Waals surface area contributed by atoms with Crippen molar-refractivity contribution in [1.29, 1.82) is 0 Å². The fourth-order valence-electron chi connectivity index (χ4n) is 5.22. The highest BCUT2D eigenvalue weighted by Gasteiger charge is 2.64. The first-order valence-electron chi connectivity index (χ1n) is 9.77.